The van der Waals surface area contributed by atoms with Crippen LogP contribution in [-0.2, 0) is 16.1 Å². The lowest BCUT2D eigenvalue weighted by Gasteiger charge is -2.21. The van der Waals surface area contributed by atoms with Crippen LogP contribution in [0.1, 0.15) is 27.0 Å². The molecule has 5 nitrogen and oxygen atoms in total. The van der Waals surface area contributed by atoms with Crippen LogP contribution < -0.4 is 5.32 Å². The van der Waals surface area contributed by atoms with Gasteiger partial charge in [0.25, 0.3) is 5.91 Å². The minimum absolute atomic E-state index is 0.141. The van der Waals surface area contributed by atoms with E-state index in [0.717, 1.165) is 16.8 Å². The Balaban J connectivity index is 1.44. The van der Waals surface area contributed by atoms with Crippen molar-refractivity contribution in [2.24, 2.45) is 0 Å². The second kappa shape index (κ2) is 8.33. The number of rotatable bonds is 4. The van der Waals surface area contributed by atoms with Gasteiger partial charge in [-0.2, -0.15) is 4.58 Å². The molecule has 0 aromatic heterocycles. The smallest absolute Gasteiger partial charge is 0.454 e. The summed E-state index contributed by atoms with van der Waals surface area (Å²) in [5.74, 6) is -0.0539. The van der Waals surface area contributed by atoms with E-state index in [-0.39, 0.29) is 23.7 Å². The Hall–Kier alpha value is -3.73. The van der Waals surface area contributed by atoms with E-state index in [1.54, 1.807) is 42.0 Å². The standard InChI is InChI=1S/C25H22N2O3/c1-17-7-9-19(10-8-17)16-26-24(28)20-13-11-18(12-14-20)15-23-25(29)27(2)21-5-3-4-6-22(21)30-23/h3-15,22H,16H2,1-2H3/p+1/b23-15-. The Bertz CT molecular complexity index is 1100. The third-order valence-corrected chi connectivity index (χ3v) is 5.16. The molecular formula is C25H23N2O3+. The number of benzene rings is 2. The van der Waals surface area contributed by atoms with Gasteiger partial charge in [-0.3, -0.25) is 4.79 Å². The zero-order chi connectivity index (χ0) is 21.1. The highest BCUT2D eigenvalue weighted by Gasteiger charge is 2.37. The van der Waals surface area contributed by atoms with Crippen molar-refractivity contribution in [2.45, 2.75) is 19.6 Å². The molecule has 2 aliphatic rings. The summed E-state index contributed by atoms with van der Waals surface area (Å²) in [6.07, 6.45) is 9.01. The van der Waals surface area contributed by atoms with Gasteiger partial charge in [-0.05, 0) is 42.3 Å². The molecule has 0 spiro atoms. The van der Waals surface area contributed by atoms with Crippen LogP contribution in [0.15, 0.2) is 78.6 Å². The number of nitrogens with zero attached hydrogens (tertiary/aromatic N) is 1. The van der Waals surface area contributed by atoms with Gasteiger partial charge in [0.15, 0.2) is 0 Å². The Morgan fingerprint density at radius 1 is 1.10 bits per heavy atom. The first kappa shape index (κ1) is 19.6. The van der Waals surface area contributed by atoms with E-state index in [4.69, 9.17) is 4.74 Å². The first-order valence-corrected chi connectivity index (χ1v) is 9.83. The first-order valence-electron chi connectivity index (χ1n) is 9.83. The molecule has 1 aliphatic carbocycles. The maximum absolute atomic E-state index is 12.6. The fourth-order valence-electron chi connectivity index (χ4n) is 3.35. The average molecular weight is 399 g/mol. The summed E-state index contributed by atoms with van der Waals surface area (Å²) in [4.78, 5) is 25.0. The molecule has 2 aromatic carbocycles. The number of hydrogen-bond acceptors (Lipinski definition) is 3. The van der Waals surface area contributed by atoms with Crippen LogP contribution in [0.3, 0.4) is 0 Å². The third kappa shape index (κ3) is 4.15. The van der Waals surface area contributed by atoms with Crippen molar-refractivity contribution >= 4 is 23.6 Å². The van der Waals surface area contributed by atoms with Crippen molar-refractivity contribution in [3.63, 3.8) is 0 Å². The van der Waals surface area contributed by atoms with Gasteiger partial charge in [0.05, 0.1) is 0 Å². The Morgan fingerprint density at radius 3 is 2.57 bits per heavy atom. The third-order valence-electron chi connectivity index (χ3n) is 5.16. The van der Waals surface area contributed by atoms with Gasteiger partial charge in [-0.1, -0.05) is 54.1 Å². The van der Waals surface area contributed by atoms with Gasteiger partial charge in [-0.15, -0.1) is 0 Å². The number of aryl methyl sites for hydroxylation is 1. The van der Waals surface area contributed by atoms with Crippen LogP contribution in [0.25, 0.3) is 6.08 Å². The number of ether oxygens (including phenoxy) is 1. The highest BCUT2D eigenvalue weighted by atomic mass is 16.5. The highest BCUT2D eigenvalue weighted by molar-refractivity contribution is 6.05. The van der Waals surface area contributed by atoms with Gasteiger partial charge < -0.3 is 10.1 Å². The summed E-state index contributed by atoms with van der Waals surface area (Å²) < 4.78 is 7.47. The normalized spacial score (nSPS) is 18.9. The molecule has 2 aromatic rings. The van der Waals surface area contributed by atoms with Crippen LogP contribution in [-0.4, -0.2) is 35.3 Å². The van der Waals surface area contributed by atoms with Gasteiger partial charge in [0.2, 0.25) is 17.6 Å². The van der Waals surface area contributed by atoms with Crippen LogP contribution in [0.2, 0.25) is 0 Å². The molecule has 0 saturated carbocycles. The van der Waals surface area contributed by atoms with Gasteiger partial charge in [0.1, 0.15) is 7.05 Å². The summed E-state index contributed by atoms with van der Waals surface area (Å²) in [6.45, 7) is 2.50. The number of carbonyl (C=O) groups is 2. The van der Waals surface area contributed by atoms with E-state index >= 15 is 0 Å². The largest absolute Gasteiger partial charge is 0.465 e. The average Bonchev–Trinajstić information content (AvgIpc) is 2.77. The molecule has 0 fully saturated rings. The number of likely N-dealkylation sites (N-methyl/N-ethyl adjacent to an activating group) is 1. The lowest BCUT2D eigenvalue weighted by Crippen LogP contribution is -2.40. The predicted molar refractivity (Wildman–Crippen MR) is 116 cm³/mol. The van der Waals surface area contributed by atoms with Gasteiger partial charge in [0, 0.05) is 18.2 Å². The minimum atomic E-state index is -0.268. The number of fused-ring (bicyclic) bond motifs is 1. The second-order valence-electron chi connectivity index (χ2n) is 7.37. The molecular weight excluding hydrogens is 376 g/mol. The lowest BCUT2D eigenvalue weighted by atomic mass is 10.1. The van der Waals surface area contributed by atoms with Crippen molar-refractivity contribution in [1.82, 2.24) is 5.32 Å². The van der Waals surface area contributed by atoms with E-state index in [0.29, 0.717) is 12.1 Å². The number of hydrogen-bond donors (Lipinski definition) is 1. The van der Waals surface area contributed by atoms with Gasteiger partial charge in [-0.25, -0.2) is 4.79 Å². The van der Waals surface area contributed by atoms with Crippen molar-refractivity contribution in [2.75, 3.05) is 7.05 Å². The summed E-state index contributed by atoms with van der Waals surface area (Å²) in [7, 11) is 1.74. The molecule has 4 rings (SSSR count). The fourth-order valence-corrected chi connectivity index (χ4v) is 3.35. The van der Waals surface area contributed by atoms with Crippen molar-refractivity contribution < 1.29 is 18.9 Å². The molecule has 1 aliphatic heterocycles. The SMILES string of the molecule is Cc1ccc(CNC(=O)c2ccc(/C=C3\OC4C=CC=CC4=[N+](C)C3=O)cc2)cc1. The van der Waals surface area contributed by atoms with Crippen LogP contribution in [0.5, 0.6) is 0 Å². The molecule has 30 heavy (non-hydrogen) atoms. The molecule has 2 amide bonds. The molecule has 5 heteroatoms. The first-order chi connectivity index (χ1) is 14.5. The monoisotopic (exact) mass is 399 g/mol. The summed E-state index contributed by atoms with van der Waals surface area (Å²) >= 11 is 0. The maximum Gasteiger partial charge on any atom is 0.454 e. The highest BCUT2D eigenvalue weighted by Crippen LogP contribution is 2.20. The van der Waals surface area contributed by atoms with Crippen molar-refractivity contribution in [3.8, 4) is 0 Å². The molecule has 1 heterocycles. The number of carbonyl (C=O) groups excluding carboxylic acids is 2. The van der Waals surface area contributed by atoms with E-state index in [2.05, 4.69) is 5.32 Å². The number of nitrogens with one attached hydrogen (secondary N) is 1. The molecule has 1 N–H and O–H groups in total. The zero-order valence-corrected chi connectivity index (χ0v) is 17.0. The molecule has 1 atom stereocenters. The van der Waals surface area contributed by atoms with Crippen LogP contribution >= 0.6 is 0 Å². The lowest BCUT2D eigenvalue weighted by molar-refractivity contribution is -0.424. The van der Waals surface area contributed by atoms with E-state index in [1.807, 2.05) is 55.5 Å². The molecule has 1 unspecified atom stereocenters. The molecule has 0 radical (unpaired) electrons. The van der Waals surface area contributed by atoms with E-state index in [9.17, 15) is 9.59 Å². The number of amides is 2. The summed E-state index contributed by atoms with van der Waals surface area (Å²) in [5.41, 5.74) is 4.41. The molecule has 150 valence electrons. The summed E-state index contributed by atoms with van der Waals surface area (Å²) in [6, 6.07) is 15.2. The quantitative estimate of drug-likeness (QED) is 0.633. The molecule has 0 bridgehead atoms. The summed E-state index contributed by atoms with van der Waals surface area (Å²) in [5, 5.41) is 2.92. The number of allylic oxidation sites excluding steroid dienone is 2. The zero-order valence-electron chi connectivity index (χ0n) is 17.0. The van der Waals surface area contributed by atoms with Crippen LogP contribution in [0, 0.1) is 6.92 Å². The minimum Gasteiger partial charge on any atom is -0.465 e. The molecule has 0 saturated heterocycles. The second-order valence-corrected chi connectivity index (χ2v) is 7.37. The Kier molecular flexibility index (Phi) is 5.44. The predicted octanol–water partition coefficient (Wildman–Crippen LogP) is 3.40. The Morgan fingerprint density at radius 2 is 1.83 bits per heavy atom. The van der Waals surface area contributed by atoms with Gasteiger partial charge >= 0.3 is 5.91 Å². The van der Waals surface area contributed by atoms with Crippen molar-refractivity contribution in [1.29, 1.82) is 0 Å². The Labute approximate surface area is 175 Å². The van der Waals surface area contributed by atoms with Crippen molar-refractivity contribution in [3.05, 3.63) is 101 Å². The maximum atomic E-state index is 12.6. The fraction of sp³-hybridized carbons (Fsp3) is 0.160. The van der Waals surface area contributed by atoms with E-state index < -0.39 is 0 Å². The van der Waals surface area contributed by atoms with E-state index in [1.165, 1.54) is 5.56 Å². The van der Waals surface area contributed by atoms with Crippen LogP contribution in [0.4, 0.5) is 0 Å². The topological polar surface area (TPSA) is 58.4 Å².